The zero-order valence-corrected chi connectivity index (χ0v) is 13.1. The number of amides is 1. The van der Waals surface area contributed by atoms with Crippen molar-refractivity contribution < 1.29 is 19.4 Å². The summed E-state index contributed by atoms with van der Waals surface area (Å²) in [4.78, 5) is 23.7. The molecule has 2 atom stereocenters. The third kappa shape index (κ3) is 3.74. The van der Waals surface area contributed by atoms with Crippen LogP contribution in [0.1, 0.15) is 23.6 Å². The summed E-state index contributed by atoms with van der Waals surface area (Å²) in [6.07, 6.45) is 0.441. The van der Waals surface area contributed by atoms with E-state index in [0.29, 0.717) is 13.0 Å². The third-order valence-electron chi connectivity index (χ3n) is 4.15. The largest absolute Gasteiger partial charge is 0.492 e. The summed E-state index contributed by atoms with van der Waals surface area (Å²) in [5, 5.41) is 12.0. The van der Waals surface area contributed by atoms with Gasteiger partial charge in [0, 0.05) is 0 Å². The molecule has 2 aromatic carbocycles. The first-order valence-corrected chi connectivity index (χ1v) is 7.91. The fraction of sp³-hybridized carbons (Fsp3) is 0.263. The van der Waals surface area contributed by atoms with Crippen LogP contribution < -0.4 is 10.1 Å². The summed E-state index contributed by atoms with van der Waals surface area (Å²) < 4.78 is 5.65. The van der Waals surface area contributed by atoms with Crippen LogP contribution in [0.3, 0.4) is 0 Å². The number of rotatable bonds is 5. The van der Waals surface area contributed by atoms with Crippen molar-refractivity contribution in [1.29, 1.82) is 0 Å². The molecule has 0 saturated heterocycles. The van der Waals surface area contributed by atoms with Crippen LogP contribution >= 0.6 is 0 Å². The second-order valence-corrected chi connectivity index (χ2v) is 5.89. The lowest BCUT2D eigenvalue weighted by Gasteiger charge is -2.26. The fourth-order valence-corrected chi connectivity index (χ4v) is 2.90. The number of hydrogen-bond donors (Lipinski definition) is 2. The lowest BCUT2D eigenvalue weighted by atomic mass is 9.95. The maximum absolute atomic E-state index is 12.6. The smallest absolute Gasteiger partial charge is 0.305 e. The second-order valence-electron chi connectivity index (χ2n) is 5.89. The highest BCUT2D eigenvalue weighted by atomic mass is 16.5. The van der Waals surface area contributed by atoms with Gasteiger partial charge in [0.1, 0.15) is 12.4 Å². The number of carbonyl (C=O) groups is 2. The van der Waals surface area contributed by atoms with Crippen LogP contribution in [-0.2, 0) is 16.0 Å². The quantitative estimate of drug-likeness (QED) is 0.886. The molecule has 0 bridgehead atoms. The normalized spacial score (nSPS) is 17.2. The van der Waals surface area contributed by atoms with Gasteiger partial charge in [-0.05, 0) is 23.6 Å². The van der Waals surface area contributed by atoms with Crippen molar-refractivity contribution in [1.82, 2.24) is 5.32 Å². The van der Waals surface area contributed by atoms with Gasteiger partial charge in [0.15, 0.2) is 0 Å². The minimum Gasteiger partial charge on any atom is -0.492 e. The van der Waals surface area contributed by atoms with E-state index in [1.165, 1.54) is 0 Å². The minimum atomic E-state index is -0.950. The summed E-state index contributed by atoms with van der Waals surface area (Å²) in [6, 6.07) is 16.3. The number of benzene rings is 2. The number of aliphatic carboxylic acids is 1. The summed E-state index contributed by atoms with van der Waals surface area (Å²) in [7, 11) is 0. The van der Waals surface area contributed by atoms with Crippen molar-refractivity contribution in [2.75, 3.05) is 6.61 Å². The van der Waals surface area contributed by atoms with E-state index < -0.39 is 12.0 Å². The Kier molecular flexibility index (Phi) is 4.79. The molecule has 24 heavy (non-hydrogen) atoms. The van der Waals surface area contributed by atoms with Crippen molar-refractivity contribution in [3.8, 4) is 5.75 Å². The zero-order chi connectivity index (χ0) is 16.9. The van der Waals surface area contributed by atoms with E-state index in [9.17, 15) is 9.59 Å². The van der Waals surface area contributed by atoms with Crippen LogP contribution in [0.25, 0.3) is 0 Å². The molecular weight excluding hydrogens is 306 g/mol. The fourth-order valence-electron chi connectivity index (χ4n) is 2.90. The average molecular weight is 325 g/mol. The Hall–Kier alpha value is -2.82. The molecule has 0 saturated carbocycles. The Morgan fingerprint density at radius 1 is 1.12 bits per heavy atom. The number of ether oxygens (including phenoxy) is 1. The van der Waals surface area contributed by atoms with E-state index in [1.807, 2.05) is 54.6 Å². The van der Waals surface area contributed by atoms with Crippen LogP contribution in [-0.4, -0.2) is 23.6 Å². The van der Waals surface area contributed by atoms with Crippen molar-refractivity contribution in [3.63, 3.8) is 0 Å². The number of carboxylic acids is 1. The number of nitrogens with one attached hydrogen (secondary N) is 1. The molecule has 0 unspecified atom stereocenters. The molecule has 0 fully saturated rings. The molecule has 3 rings (SSSR count). The van der Waals surface area contributed by atoms with E-state index >= 15 is 0 Å². The highest BCUT2D eigenvalue weighted by Gasteiger charge is 2.28. The molecule has 1 aliphatic heterocycles. The van der Waals surface area contributed by atoms with Crippen LogP contribution in [0, 0.1) is 5.92 Å². The number of para-hydroxylation sites is 1. The van der Waals surface area contributed by atoms with Gasteiger partial charge in [0.05, 0.1) is 18.4 Å². The van der Waals surface area contributed by atoms with E-state index in [4.69, 9.17) is 9.84 Å². The predicted molar refractivity (Wildman–Crippen MR) is 88.7 cm³/mol. The first kappa shape index (κ1) is 16.1. The van der Waals surface area contributed by atoms with Crippen molar-refractivity contribution in [2.45, 2.75) is 18.9 Å². The Bertz CT molecular complexity index is 729. The monoisotopic (exact) mass is 325 g/mol. The molecule has 5 nitrogen and oxygen atoms in total. The van der Waals surface area contributed by atoms with E-state index in [0.717, 1.165) is 16.9 Å². The molecular formula is C19H19NO4. The average Bonchev–Trinajstić information content (AvgIpc) is 2.61. The molecule has 2 aromatic rings. The van der Waals surface area contributed by atoms with E-state index in [1.54, 1.807) is 0 Å². The Morgan fingerprint density at radius 3 is 2.58 bits per heavy atom. The van der Waals surface area contributed by atoms with Gasteiger partial charge in [-0.1, -0.05) is 48.5 Å². The van der Waals surface area contributed by atoms with Gasteiger partial charge in [-0.25, -0.2) is 0 Å². The highest BCUT2D eigenvalue weighted by molar-refractivity contribution is 5.81. The first-order valence-electron chi connectivity index (χ1n) is 7.91. The Balaban J connectivity index is 1.71. The molecule has 5 heteroatoms. The Morgan fingerprint density at radius 2 is 1.83 bits per heavy atom. The minimum absolute atomic E-state index is 0.153. The summed E-state index contributed by atoms with van der Waals surface area (Å²) in [6.45, 7) is 0.303. The van der Waals surface area contributed by atoms with Crippen LogP contribution in [0.5, 0.6) is 5.75 Å². The Labute approximate surface area is 140 Å². The van der Waals surface area contributed by atoms with Gasteiger partial charge < -0.3 is 15.2 Å². The topological polar surface area (TPSA) is 75.6 Å². The van der Waals surface area contributed by atoms with E-state index in [2.05, 4.69) is 5.32 Å². The molecule has 1 heterocycles. The standard InChI is InChI=1S/C19H19NO4/c21-18(22)11-16(13-6-2-1-3-7-13)20-19(23)15-10-14-8-4-5-9-17(14)24-12-15/h1-9,15-16H,10-12H2,(H,20,23)(H,21,22)/t15-,16-/m1/s1. The van der Waals surface area contributed by atoms with Crippen molar-refractivity contribution >= 4 is 11.9 Å². The molecule has 2 N–H and O–H groups in total. The third-order valence-corrected chi connectivity index (χ3v) is 4.15. The number of carboxylic acid groups (broad SMARTS) is 1. The zero-order valence-electron chi connectivity index (χ0n) is 13.1. The van der Waals surface area contributed by atoms with Crippen LogP contribution in [0.2, 0.25) is 0 Å². The molecule has 1 aliphatic rings. The maximum Gasteiger partial charge on any atom is 0.305 e. The molecule has 124 valence electrons. The molecule has 0 aliphatic carbocycles. The van der Waals surface area contributed by atoms with Gasteiger partial charge in [0.25, 0.3) is 0 Å². The van der Waals surface area contributed by atoms with Crippen molar-refractivity contribution in [3.05, 3.63) is 65.7 Å². The predicted octanol–water partition coefficient (Wildman–Crippen LogP) is 2.57. The number of carbonyl (C=O) groups excluding carboxylic acids is 1. The second kappa shape index (κ2) is 7.17. The number of hydrogen-bond acceptors (Lipinski definition) is 3. The SMILES string of the molecule is O=C(O)C[C@@H](NC(=O)[C@H]1COc2ccccc2C1)c1ccccc1. The summed E-state index contributed by atoms with van der Waals surface area (Å²) in [5.41, 5.74) is 1.78. The van der Waals surface area contributed by atoms with Gasteiger partial charge in [-0.3, -0.25) is 9.59 Å². The van der Waals surface area contributed by atoms with Gasteiger partial charge in [-0.15, -0.1) is 0 Å². The molecule has 1 amide bonds. The maximum atomic E-state index is 12.6. The molecule has 0 aromatic heterocycles. The first-order chi connectivity index (χ1) is 11.6. The summed E-state index contributed by atoms with van der Waals surface area (Å²) in [5.74, 6) is -0.638. The summed E-state index contributed by atoms with van der Waals surface area (Å²) >= 11 is 0. The molecule has 0 spiro atoms. The molecule has 0 radical (unpaired) electrons. The lowest BCUT2D eigenvalue weighted by molar-refractivity contribution is -0.138. The number of fused-ring (bicyclic) bond motifs is 1. The highest BCUT2D eigenvalue weighted by Crippen LogP contribution is 2.27. The lowest BCUT2D eigenvalue weighted by Crippen LogP contribution is -2.39. The van der Waals surface area contributed by atoms with Gasteiger partial charge >= 0.3 is 5.97 Å². The van der Waals surface area contributed by atoms with E-state index in [-0.39, 0.29) is 18.2 Å². The van der Waals surface area contributed by atoms with Gasteiger partial charge in [0.2, 0.25) is 5.91 Å². The van der Waals surface area contributed by atoms with Gasteiger partial charge in [-0.2, -0.15) is 0 Å². The van der Waals surface area contributed by atoms with Crippen LogP contribution in [0.4, 0.5) is 0 Å². The van der Waals surface area contributed by atoms with Crippen LogP contribution in [0.15, 0.2) is 54.6 Å². The van der Waals surface area contributed by atoms with Crippen molar-refractivity contribution in [2.24, 2.45) is 5.92 Å².